The van der Waals surface area contributed by atoms with Gasteiger partial charge in [-0.3, -0.25) is 9.59 Å². The summed E-state index contributed by atoms with van der Waals surface area (Å²) in [6.07, 6.45) is 0. The minimum Gasteiger partial charge on any atom is -0.274 e. The van der Waals surface area contributed by atoms with Gasteiger partial charge in [0.1, 0.15) is 0 Å². The fraction of sp³-hybridized carbons (Fsp3) is 0.231. The smallest absolute Gasteiger partial charge is 0.241 e. The lowest BCUT2D eigenvalue weighted by Crippen LogP contribution is -2.49. The molecule has 3 aromatic rings. The first kappa shape index (κ1) is 17.9. The summed E-state index contributed by atoms with van der Waals surface area (Å²) >= 11 is 6.24. The number of carbonyl (C=O) groups is 2. The fourth-order valence-electron chi connectivity index (χ4n) is 6.17. The SMILES string of the molecule is Cc1ccc(Cl)cc1N1C(=O)C2C3c4ccccc4C(c4ccccc43)C2(C)C1=O. The molecular weight excluding hydrogens is 394 g/mol. The average molecular weight is 414 g/mol. The second kappa shape index (κ2) is 5.83. The Morgan fingerprint density at radius 3 is 2.03 bits per heavy atom. The van der Waals surface area contributed by atoms with Gasteiger partial charge < -0.3 is 0 Å². The minimum absolute atomic E-state index is 0.117. The fourth-order valence-corrected chi connectivity index (χ4v) is 6.33. The first-order valence-electron chi connectivity index (χ1n) is 10.3. The number of imide groups is 1. The Kier molecular flexibility index (Phi) is 3.48. The van der Waals surface area contributed by atoms with Gasteiger partial charge in [-0.1, -0.05) is 66.2 Å². The zero-order chi connectivity index (χ0) is 20.8. The molecule has 1 saturated heterocycles. The van der Waals surface area contributed by atoms with Crippen molar-refractivity contribution in [3.63, 3.8) is 0 Å². The monoisotopic (exact) mass is 413 g/mol. The zero-order valence-corrected chi connectivity index (χ0v) is 17.5. The number of anilines is 1. The average Bonchev–Trinajstić information content (AvgIpc) is 2.96. The molecule has 2 atom stereocenters. The van der Waals surface area contributed by atoms with E-state index in [1.807, 2.05) is 44.2 Å². The van der Waals surface area contributed by atoms with Gasteiger partial charge in [-0.05, 0) is 53.8 Å². The standard InChI is InChI=1S/C26H20ClNO2/c1-14-11-12-15(27)13-20(14)28-24(29)23-21-16-7-3-5-9-18(16)22(26(23,2)25(28)30)19-10-6-4-8-17(19)21/h3-13,21-23H,1-2H3. The maximum atomic E-state index is 14.0. The van der Waals surface area contributed by atoms with Crippen molar-refractivity contribution >= 4 is 29.1 Å². The van der Waals surface area contributed by atoms with Crippen molar-refractivity contribution in [2.45, 2.75) is 25.7 Å². The summed E-state index contributed by atoms with van der Waals surface area (Å²) in [5, 5.41) is 0.519. The van der Waals surface area contributed by atoms with E-state index in [-0.39, 0.29) is 23.7 Å². The number of benzene rings is 3. The molecule has 0 saturated carbocycles. The normalized spacial score (nSPS) is 28.4. The number of amides is 2. The van der Waals surface area contributed by atoms with Gasteiger partial charge >= 0.3 is 0 Å². The van der Waals surface area contributed by atoms with Crippen LogP contribution in [0.4, 0.5) is 5.69 Å². The van der Waals surface area contributed by atoms with Crippen molar-refractivity contribution in [2.75, 3.05) is 4.90 Å². The molecule has 0 spiro atoms. The Balaban J connectivity index is 1.63. The highest BCUT2D eigenvalue weighted by molar-refractivity contribution is 6.32. The summed E-state index contributed by atoms with van der Waals surface area (Å²) in [5.41, 5.74) is 5.34. The number of halogens is 1. The molecule has 1 fully saturated rings. The quantitative estimate of drug-likeness (QED) is 0.498. The number of rotatable bonds is 1. The second-order valence-electron chi connectivity index (χ2n) is 8.84. The van der Waals surface area contributed by atoms with E-state index in [0.29, 0.717) is 10.7 Å². The van der Waals surface area contributed by atoms with Gasteiger partial charge in [-0.15, -0.1) is 0 Å². The predicted octanol–water partition coefficient (Wildman–Crippen LogP) is 5.44. The molecule has 2 amide bonds. The summed E-state index contributed by atoms with van der Waals surface area (Å²) in [5.74, 6) is -0.916. The topological polar surface area (TPSA) is 37.4 Å². The molecule has 1 aliphatic heterocycles. The van der Waals surface area contributed by atoms with E-state index in [1.165, 1.54) is 27.2 Å². The third kappa shape index (κ3) is 1.96. The van der Waals surface area contributed by atoms with Crippen LogP contribution in [0.25, 0.3) is 0 Å². The largest absolute Gasteiger partial charge is 0.274 e. The van der Waals surface area contributed by atoms with E-state index in [2.05, 4.69) is 24.3 Å². The first-order chi connectivity index (χ1) is 14.4. The summed E-state index contributed by atoms with van der Waals surface area (Å²) in [6.45, 7) is 3.90. The van der Waals surface area contributed by atoms with Crippen LogP contribution in [-0.4, -0.2) is 11.8 Å². The molecule has 2 bridgehead atoms. The number of aryl methyl sites for hydroxylation is 1. The van der Waals surface area contributed by atoms with Gasteiger partial charge in [-0.25, -0.2) is 4.90 Å². The van der Waals surface area contributed by atoms with Crippen molar-refractivity contribution in [2.24, 2.45) is 11.3 Å². The van der Waals surface area contributed by atoms with Gasteiger partial charge in [0.25, 0.3) is 0 Å². The molecule has 3 aliphatic carbocycles. The Bertz CT molecular complexity index is 1220. The summed E-state index contributed by atoms with van der Waals surface area (Å²) in [6, 6.07) is 22.0. The number of hydrogen-bond donors (Lipinski definition) is 0. The van der Waals surface area contributed by atoms with Crippen LogP contribution in [-0.2, 0) is 9.59 Å². The van der Waals surface area contributed by atoms with Crippen molar-refractivity contribution < 1.29 is 9.59 Å². The summed E-state index contributed by atoms with van der Waals surface area (Å²) in [7, 11) is 0. The Hall–Kier alpha value is -2.91. The van der Waals surface area contributed by atoms with Crippen LogP contribution in [0.15, 0.2) is 66.7 Å². The molecule has 30 heavy (non-hydrogen) atoms. The van der Waals surface area contributed by atoms with Crippen LogP contribution >= 0.6 is 11.6 Å². The maximum absolute atomic E-state index is 14.0. The molecule has 0 aromatic heterocycles. The van der Waals surface area contributed by atoms with E-state index in [9.17, 15) is 9.59 Å². The molecule has 1 heterocycles. The van der Waals surface area contributed by atoms with Gasteiger partial charge in [0.15, 0.2) is 0 Å². The predicted molar refractivity (Wildman–Crippen MR) is 117 cm³/mol. The molecule has 2 unspecified atom stereocenters. The Morgan fingerprint density at radius 1 is 0.867 bits per heavy atom. The molecule has 3 aromatic carbocycles. The molecule has 7 rings (SSSR count). The van der Waals surface area contributed by atoms with E-state index < -0.39 is 11.3 Å². The van der Waals surface area contributed by atoms with Gasteiger partial charge in [0.2, 0.25) is 11.8 Å². The van der Waals surface area contributed by atoms with Crippen molar-refractivity contribution in [1.82, 2.24) is 0 Å². The van der Waals surface area contributed by atoms with Crippen LogP contribution in [0, 0.1) is 18.3 Å². The highest BCUT2D eigenvalue weighted by Crippen LogP contribution is 2.67. The van der Waals surface area contributed by atoms with Crippen molar-refractivity contribution in [3.8, 4) is 0 Å². The van der Waals surface area contributed by atoms with E-state index in [4.69, 9.17) is 11.6 Å². The van der Waals surface area contributed by atoms with Crippen LogP contribution in [0.5, 0.6) is 0 Å². The minimum atomic E-state index is -0.820. The summed E-state index contributed by atoms with van der Waals surface area (Å²) in [4.78, 5) is 29.3. The number of hydrogen-bond acceptors (Lipinski definition) is 2. The lowest BCUT2D eigenvalue weighted by atomic mass is 9.48. The summed E-state index contributed by atoms with van der Waals surface area (Å²) < 4.78 is 0. The van der Waals surface area contributed by atoms with Crippen LogP contribution < -0.4 is 4.90 Å². The van der Waals surface area contributed by atoms with Crippen LogP contribution in [0.3, 0.4) is 0 Å². The van der Waals surface area contributed by atoms with Gasteiger partial charge in [0.05, 0.1) is 17.0 Å². The number of carbonyl (C=O) groups excluding carboxylic acids is 2. The molecule has 3 nitrogen and oxygen atoms in total. The molecule has 0 N–H and O–H groups in total. The van der Waals surface area contributed by atoms with E-state index in [0.717, 1.165) is 5.56 Å². The van der Waals surface area contributed by atoms with Crippen molar-refractivity contribution in [3.05, 3.63) is 99.6 Å². The maximum Gasteiger partial charge on any atom is 0.241 e. The van der Waals surface area contributed by atoms with Crippen LogP contribution in [0.1, 0.15) is 46.6 Å². The Morgan fingerprint density at radius 2 is 1.43 bits per heavy atom. The first-order valence-corrected chi connectivity index (χ1v) is 10.6. The van der Waals surface area contributed by atoms with Gasteiger partial charge in [0, 0.05) is 16.9 Å². The van der Waals surface area contributed by atoms with Crippen molar-refractivity contribution in [1.29, 1.82) is 0 Å². The zero-order valence-electron chi connectivity index (χ0n) is 16.7. The molecule has 0 radical (unpaired) electrons. The van der Waals surface area contributed by atoms with Gasteiger partial charge in [-0.2, -0.15) is 0 Å². The lowest BCUT2D eigenvalue weighted by molar-refractivity contribution is -0.128. The Labute approximate surface area is 180 Å². The molecule has 148 valence electrons. The third-order valence-corrected chi connectivity index (χ3v) is 7.66. The lowest BCUT2D eigenvalue weighted by Gasteiger charge is -2.51. The second-order valence-corrected chi connectivity index (χ2v) is 9.27. The van der Waals surface area contributed by atoms with E-state index in [1.54, 1.807) is 12.1 Å². The molecule has 4 heteroatoms. The molecule has 4 aliphatic rings. The third-order valence-electron chi connectivity index (χ3n) is 7.43. The number of nitrogens with zero attached hydrogens (tertiary/aromatic N) is 1. The molecular formula is C26H20ClNO2. The van der Waals surface area contributed by atoms with Crippen LogP contribution in [0.2, 0.25) is 5.02 Å². The highest BCUT2D eigenvalue weighted by Gasteiger charge is 2.68. The van der Waals surface area contributed by atoms with E-state index >= 15 is 0 Å². The highest BCUT2D eigenvalue weighted by atomic mass is 35.5.